The summed E-state index contributed by atoms with van der Waals surface area (Å²) in [6.07, 6.45) is 4.07. The Morgan fingerprint density at radius 1 is 1.23 bits per heavy atom. The largest absolute Gasteiger partial charge is 0.399 e. The van der Waals surface area contributed by atoms with Crippen LogP contribution in [0.5, 0.6) is 0 Å². The number of amides is 1. The van der Waals surface area contributed by atoms with Gasteiger partial charge >= 0.3 is 0 Å². The lowest BCUT2D eigenvalue weighted by atomic mass is 9.85. The number of nitrogens with one attached hydrogen (secondary N) is 1. The van der Waals surface area contributed by atoms with Crippen LogP contribution < -0.4 is 11.1 Å². The van der Waals surface area contributed by atoms with Gasteiger partial charge in [-0.05, 0) is 75.3 Å². The van der Waals surface area contributed by atoms with Gasteiger partial charge in [0.15, 0.2) is 0 Å². The maximum atomic E-state index is 12.6. The van der Waals surface area contributed by atoms with E-state index in [0.717, 1.165) is 50.0 Å². The predicted octanol–water partition coefficient (Wildman–Crippen LogP) is 2.34. The molecule has 120 valence electrons. The minimum absolute atomic E-state index is 0.236. The molecule has 1 amide bonds. The van der Waals surface area contributed by atoms with E-state index >= 15 is 0 Å². The van der Waals surface area contributed by atoms with E-state index in [4.69, 9.17) is 5.73 Å². The number of likely N-dealkylation sites (N-methyl/N-ethyl adjacent to an activating group) is 1. The van der Waals surface area contributed by atoms with Crippen LogP contribution in [0.25, 0.3) is 0 Å². The zero-order valence-electron chi connectivity index (χ0n) is 13.9. The highest BCUT2D eigenvalue weighted by atomic mass is 16.2. The quantitative estimate of drug-likeness (QED) is 0.843. The Balaban J connectivity index is 1.67. The van der Waals surface area contributed by atoms with Gasteiger partial charge in [-0.25, -0.2) is 0 Å². The molecule has 0 atom stereocenters. The molecule has 0 bridgehead atoms. The number of nitrogen functional groups attached to an aromatic ring is 1. The van der Waals surface area contributed by atoms with Crippen molar-refractivity contribution in [2.24, 2.45) is 0 Å². The van der Waals surface area contributed by atoms with Crippen molar-refractivity contribution in [3.63, 3.8) is 0 Å². The van der Waals surface area contributed by atoms with Crippen LogP contribution in [0.2, 0.25) is 0 Å². The van der Waals surface area contributed by atoms with Gasteiger partial charge in [0, 0.05) is 18.8 Å². The molecule has 3 N–H and O–H groups in total. The van der Waals surface area contributed by atoms with E-state index in [1.807, 2.05) is 7.05 Å². The van der Waals surface area contributed by atoms with E-state index in [2.05, 4.69) is 36.2 Å². The summed E-state index contributed by atoms with van der Waals surface area (Å²) in [5.41, 5.74) is 10.5. The first kappa shape index (κ1) is 15.3. The molecule has 4 heteroatoms. The number of piperidine rings is 1. The number of nitrogens with zero attached hydrogens (tertiary/aromatic N) is 1. The third-order valence-electron chi connectivity index (χ3n) is 5.51. The van der Waals surface area contributed by atoms with Gasteiger partial charge in [0.1, 0.15) is 0 Å². The fourth-order valence-electron chi connectivity index (χ4n) is 3.69. The number of anilines is 1. The molecule has 0 unspecified atom stereocenters. The van der Waals surface area contributed by atoms with Crippen molar-refractivity contribution in [3.8, 4) is 0 Å². The lowest BCUT2D eigenvalue weighted by Crippen LogP contribution is -2.49. The summed E-state index contributed by atoms with van der Waals surface area (Å²) in [6, 6.07) is 4.32. The number of aryl methyl sites for hydroxylation is 2. The Morgan fingerprint density at radius 3 is 2.41 bits per heavy atom. The lowest BCUT2D eigenvalue weighted by Gasteiger charge is -2.35. The van der Waals surface area contributed by atoms with Crippen molar-refractivity contribution >= 4 is 11.6 Å². The number of carbonyl (C=O) groups excluding carboxylic acids is 1. The summed E-state index contributed by atoms with van der Waals surface area (Å²) in [6.45, 7) is 5.95. The maximum Gasteiger partial charge on any atom is 0.242 e. The molecule has 0 radical (unpaired) electrons. The second kappa shape index (κ2) is 5.58. The van der Waals surface area contributed by atoms with E-state index in [9.17, 15) is 4.79 Å². The Labute approximate surface area is 133 Å². The van der Waals surface area contributed by atoms with Crippen LogP contribution in [-0.2, 0) is 4.79 Å². The summed E-state index contributed by atoms with van der Waals surface area (Å²) in [5.74, 6) is 0.853. The molecule has 22 heavy (non-hydrogen) atoms. The number of likely N-dealkylation sites (tertiary alicyclic amines) is 1. The first-order chi connectivity index (χ1) is 10.5. The Morgan fingerprint density at radius 2 is 1.86 bits per heavy atom. The van der Waals surface area contributed by atoms with E-state index in [1.165, 1.54) is 11.1 Å². The van der Waals surface area contributed by atoms with E-state index in [0.29, 0.717) is 11.8 Å². The Hall–Kier alpha value is -1.55. The highest BCUT2D eigenvalue weighted by molar-refractivity contribution is 5.89. The lowest BCUT2D eigenvalue weighted by molar-refractivity contribution is -0.135. The standard InChI is InChI=1S/C18H27N3O/c1-12-11-16(19)13(2)10-15(12)14-4-8-21(9-5-14)17(22)18(20-3)6-7-18/h10-11,14,20H,4-9,19H2,1-3H3. The minimum atomic E-state index is -0.236. The highest BCUT2D eigenvalue weighted by Gasteiger charge is 2.50. The molecular formula is C18H27N3O. The SMILES string of the molecule is CNC1(C(=O)N2CCC(c3cc(C)c(N)cc3C)CC2)CC1. The van der Waals surface area contributed by atoms with E-state index < -0.39 is 0 Å². The molecular weight excluding hydrogens is 274 g/mol. The first-order valence-corrected chi connectivity index (χ1v) is 8.32. The molecule has 0 spiro atoms. The summed E-state index contributed by atoms with van der Waals surface area (Å²) >= 11 is 0. The molecule has 1 aliphatic carbocycles. The maximum absolute atomic E-state index is 12.6. The average Bonchev–Trinajstić information content (AvgIpc) is 3.32. The van der Waals surface area contributed by atoms with Gasteiger partial charge in [-0.15, -0.1) is 0 Å². The van der Waals surface area contributed by atoms with Crippen LogP contribution in [-0.4, -0.2) is 36.5 Å². The predicted molar refractivity (Wildman–Crippen MR) is 89.9 cm³/mol. The van der Waals surface area contributed by atoms with Gasteiger partial charge < -0.3 is 16.0 Å². The zero-order valence-corrected chi connectivity index (χ0v) is 13.9. The van der Waals surface area contributed by atoms with Crippen molar-refractivity contribution in [1.82, 2.24) is 10.2 Å². The van der Waals surface area contributed by atoms with Crippen LogP contribution in [0.3, 0.4) is 0 Å². The molecule has 1 heterocycles. The number of benzene rings is 1. The van der Waals surface area contributed by atoms with Crippen molar-refractivity contribution in [2.75, 3.05) is 25.9 Å². The molecule has 0 aromatic heterocycles. The van der Waals surface area contributed by atoms with Gasteiger partial charge in [0.05, 0.1) is 5.54 Å². The summed E-state index contributed by atoms with van der Waals surface area (Å²) in [4.78, 5) is 14.6. The number of rotatable bonds is 3. The molecule has 1 aliphatic heterocycles. The molecule has 3 rings (SSSR count). The fraction of sp³-hybridized carbons (Fsp3) is 0.611. The van der Waals surface area contributed by atoms with Gasteiger partial charge in [-0.1, -0.05) is 6.07 Å². The van der Waals surface area contributed by atoms with Crippen LogP contribution in [0.1, 0.15) is 48.3 Å². The zero-order chi connectivity index (χ0) is 15.9. The number of hydrogen-bond donors (Lipinski definition) is 2. The molecule has 2 aliphatic rings. The number of carbonyl (C=O) groups is 1. The van der Waals surface area contributed by atoms with Gasteiger partial charge in [0.2, 0.25) is 5.91 Å². The molecule has 1 saturated carbocycles. The fourth-order valence-corrected chi connectivity index (χ4v) is 3.69. The average molecular weight is 301 g/mol. The Kier molecular flexibility index (Phi) is 3.89. The summed E-state index contributed by atoms with van der Waals surface area (Å²) in [7, 11) is 1.90. The second-order valence-corrected chi connectivity index (χ2v) is 6.96. The Bertz CT molecular complexity index is 584. The molecule has 1 aromatic carbocycles. The molecule has 2 fully saturated rings. The van der Waals surface area contributed by atoms with Crippen LogP contribution in [0.15, 0.2) is 12.1 Å². The second-order valence-electron chi connectivity index (χ2n) is 6.96. The van der Waals surface area contributed by atoms with E-state index in [-0.39, 0.29) is 5.54 Å². The van der Waals surface area contributed by atoms with Crippen LogP contribution in [0, 0.1) is 13.8 Å². The molecule has 1 aromatic rings. The van der Waals surface area contributed by atoms with Crippen LogP contribution in [0.4, 0.5) is 5.69 Å². The monoisotopic (exact) mass is 301 g/mol. The summed E-state index contributed by atoms with van der Waals surface area (Å²) < 4.78 is 0. The summed E-state index contributed by atoms with van der Waals surface area (Å²) in [5, 5.41) is 3.21. The van der Waals surface area contributed by atoms with Gasteiger partial charge in [-0.2, -0.15) is 0 Å². The highest BCUT2D eigenvalue weighted by Crippen LogP contribution is 2.39. The normalized spacial score (nSPS) is 21.0. The van der Waals surface area contributed by atoms with E-state index in [1.54, 1.807) is 0 Å². The smallest absolute Gasteiger partial charge is 0.242 e. The molecule has 1 saturated heterocycles. The first-order valence-electron chi connectivity index (χ1n) is 8.32. The van der Waals surface area contributed by atoms with Gasteiger partial charge in [0.25, 0.3) is 0 Å². The van der Waals surface area contributed by atoms with Crippen molar-refractivity contribution in [3.05, 3.63) is 28.8 Å². The third-order valence-corrected chi connectivity index (χ3v) is 5.51. The van der Waals surface area contributed by atoms with Crippen molar-refractivity contribution < 1.29 is 4.79 Å². The number of hydrogen-bond acceptors (Lipinski definition) is 3. The topological polar surface area (TPSA) is 58.4 Å². The van der Waals surface area contributed by atoms with Crippen LogP contribution >= 0.6 is 0 Å². The van der Waals surface area contributed by atoms with Crippen molar-refractivity contribution in [1.29, 1.82) is 0 Å². The van der Waals surface area contributed by atoms with Crippen molar-refractivity contribution in [2.45, 2.75) is 51.0 Å². The van der Waals surface area contributed by atoms with Gasteiger partial charge in [-0.3, -0.25) is 4.79 Å². The third kappa shape index (κ3) is 2.60. The minimum Gasteiger partial charge on any atom is -0.399 e. The molecule has 4 nitrogen and oxygen atoms in total. The number of nitrogens with two attached hydrogens (primary N) is 1.